The molecule has 0 aliphatic rings. The molecule has 10 aromatic carbocycles. The third kappa shape index (κ3) is 4.70. The van der Waals surface area contributed by atoms with Crippen molar-refractivity contribution in [3.63, 3.8) is 0 Å². The van der Waals surface area contributed by atoms with Crippen LogP contribution in [0, 0.1) is 0 Å². The van der Waals surface area contributed by atoms with Gasteiger partial charge in [-0.3, -0.25) is 0 Å². The van der Waals surface area contributed by atoms with E-state index in [2.05, 4.69) is 194 Å². The molecule has 0 fully saturated rings. The van der Waals surface area contributed by atoms with E-state index in [9.17, 15) is 0 Å². The van der Waals surface area contributed by atoms with E-state index in [0.717, 1.165) is 0 Å². The fourth-order valence-electron chi connectivity index (χ4n) is 9.23. The zero-order valence-electron chi connectivity index (χ0n) is 30.3. The molecule has 0 aliphatic heterocycles. The zero-order valence-corrected chi connectivity index (χ0v) is 31.9. The van der Waals surface area contributed by atoms with E-state index in [0.29, 0.717) is 0 Å². The van der Waals surface area contributed by atoms with Crippen molar-refractivity contribution in [2.45, 2.75) is 0 Å². The molecule has 0 spiro atoms. The maximum atomic E-state index is 2.53. The second-order valence-corrected chi connectivity index (χ2v) is 16.8. The third-order valence-corrected chi connectivity index (χ3v) is 14.0. The predicted octanol–water partition coefficient (Wildman–Crippen LogP) is 16.5. The monoisotopic (exact) mass is 744 g/mol. The highest BCUT2D eigenvalue weighted by molar-refractivity contribution is 7.27. The normalized spacial score (nSPS) is 11.9. The fourth-order valence-corrected chi connectivity index (χ4v) is 11.7. The number of fused-ring (bicyclic) bond motifs is 9. The molecule has 0 aliphatic carbocycles. The molecule has 56 heavy (non-hydrogen) atoms. The molecular weight excluding hydrogens is 713 g/mol. The summed E-state index contributed by atoms with van der Waals surface area (Å²) in [6, 6.07) is 72.0. The predicted molar refractivity (Wildman–Crippen MR) is 246 cm³/mol. The quantitative estimate of drug-likeness (QED) is 0.157. The van der Waals surface area contributed by atoms with Crippen molar-refractivity contribution in [2.75, 3.05) is 0 Å². The van der Waals surface area contributed by atoms with Gasteiger partial charge < -0.3 is 0 Å². The molecule has 2 heterocycles. The Kier molecular flexibility index (Phi) is 7.07. The van der Waals surface area contributed by atoms with Crippen LogP contribution in [0.2, 0.25) is 0 Å². The molecule has 0 amide bonds. The van der Waals surface area contributed by atoms with Crippen molar-refractivity contribution in [3.05, 3.63) is 194 Å². The summed E-state index contributed by atoms with van der Waals surface area (Å²) in [6.07, 6.45) is 0. The average Bonchev–Trinajstić information content (AvgIpc) is 3.84. The van der Waals surface area contributed by atoms with Gasteiger partial charge in [-0.05, 0) is 89.1 Å². The summed E-state index contributed by atoms with van der Waals surface area (Å²) < 4.78 is 3.96. The summed E-state index contributed by atoms with van der Waals surface area (Å²) in [5.41, 5.74) is 9.01. The van der Waals surface area contributed by atoms with E-state index in [4.69, 9.17) is 0 Å². The number of hydrogen-bond donors (Lipinski definition) is 0. The van der Waals surface area contributed by atoms with Gasteiger partial charge in [-0.1, -0.05) is 176 Å². The molecule has 12 rings (SSSR count). The maximum absolute atomic E-state index is 2.53. The van der Waals surface area contributed by atoms with Crippen molar-refractivity contribution >= 4 is 96.0 Å². The molecule has 12 aromatic rings. The second kappa shape index (κ2) is 12.5. The first-order valence-corrected chi connectivity index (χ1v) is 20.8. The first kappa shape index (κ1) is 31.7. The summed E-state index contributed by atoms with van der Waals surface area (Å²) in [6.45, 7) is 0. The van der Waals surface area contributed by atoms with Gasteiger partial charge in [0.25, 0.3) is 0 Å². The van der Waals surface area contributed by atoms with Crippen LogP contribution in [0.5, 0.6) is 0 Å². The summed E-state index contributed by atoms with van der Waals surface area (Å²) in [5, 5.41) is 14.2. The van der Waals surface area contributed by atoms with Crippen LogP contribution >= 0.6 is 22.7 Å². The van der Waals surface area contributed by atoms with Crippen molar-refractivity contribution in [1.82, 2.24) is 0 Å². The van der Waals surface area contributed by atoms with Gasteiger partial charge in [-0.2, -0.15) is 0 Å². The zero-order chi connectivity index (χ0) is 36.7. The lowest BCUT2D eigenvalue weighted by atomic mass is 9.84. The summed E-state index contributed by atoms with van der Waals surface area (Å²) >= 11 is 3.87. The number of benzene rings is 10. The lowest BCUT2D eigenvalue weighted by molar-refractivity contribution is 1.68. The molecular formula is C54H32S2. The summed E-state index contributed by atoms with van der Waals surface area (Å²) in [7, 11) is 0. The van der Waals surface area contributed by atoms with E-state index >= 15 is 0 Å². The molecule has 2 heteroatoms. The minimum atomic E-state index is 1.25. The topological polar surface area (TPSA) is 0 Å². The van der Waals surface area contributed by atoms with Crippen LogP contribution in [0.3, 0.4) is 0 Å². The highest BCUT2D eigenvalue weighted by Gasteiger charge is 2.25. The van der Waals surface area contributed by atoms with Gasteiger partial charge in [0.1, 0.15) is 0 Å². The Bertz CT molecular complexity index is 3470. The highest BCUT2D eigenvalue weighted by Crippen LogP contribution is 2.55. The third-order valence-electron chi connectivity index (χ3n) is 11.6. The van der Waals surface area contributed by atoms with Gasteiger partial charge in [-0.25, -0.2) is 0 Å². The molecule has 0 N–H and O–H groups in total. The molecule has 2 aromatic heterocycles. The van der Waals surface area contributed by atoms with Crippen LogP contribution in [-0.2, 0) is 0 Å². The molecule has 0 unspecified atom stereocenters. The first-order chi connectivity index (χ1) is 27.8. The molecule has 0 radical (unpaired) electrons. The maximum Gasteiger partial charge on any atom is 0.0441 e. The highest BCUT2D eigenvalue weighted by atomic mass is 32.1. The molecule has 0 saturated carbocycles. The Morgan fingerprint density at radius 2 is 0.857 bits per heavy atom. The van der Waals surface area contributed by atoms with E-state index < -0.39 is 0 Å². The number of rotatable bonds is 4. The van der Waals surface area contributed by atoms with E-state index in [1.807, 2.05) is 22.7 Å². The lowest BCUT2D eigenvalue weighted by Crippen LogP contribution is -1.92. The van der Waals surface area contributed by atoms with Crippen LogP contribution in [0.15, 0.2) is 194 Å². The van der Waals surface area contributed by atoms with Crippen LogP contribution < -0.4 is 0 Å². The number of thiophene rings is 2. The van der Waals surface area contributed by atoms with E-state index in [1.54, 1.807) is 0 Å². The SMILES string of the molecule is c1ccc(-c2c(-c3ccc4ccccc4c3)sc3cc(-c4c5ccccc5c(-c5cccc6ccccc56)c5ccccc45)c4sc5ccccc5c4c23)cc1. The Hall–Kier alpha value is -6.58. The lowest BCUT2D eigenvalue weighted by Gasteiger charge is -2.19. The van der Waals surface area contributed by atoms with Crippen molar-refractivity contribution < 1.29 is 0 Å². The first-order valence-electron chi connectivity index (χ1n) is 19.2. The molecule has 260 valence electrons. The Morgan fingerprint density at radius 1 is 0.286 bits per heavy atom. The van der Waals surface area contributed by atoms with Gasteiger partial charge in [-0.15, -0.1) is 22.7 Å². The Morgan fingerprint density at radius 3 is 1.59 bits per heavy atom. The van der Waals surface area contributed by atoms with Gasteiger partial charge >= 0.3 is 0 Å². The Balaban J connectivity index is 1.25. The summed E-state index contributed by atoms with van der Waals surface area (Å²) in [4.78, 5) is 1.31. The smallest absolute Gasteiger partial charge is 0.0441 e. The van der Waals surface area contributed by atoms with Gasteiger partial charge in [0, 0.05) is 46.3 Å². The van der Waals surface area contributed by atoms with Crippen molar-refractivity contribution in [3.8, 4) is 43.8 Å². The van der Waals surface area contributed by atoms with E-state index in [-0.39, 0.29) is 0 Å². The summed E-state index contributed by atoms with van der Waals surface area (Å²) in [5.74, 6) is 0. The molecule has 0 atom stereocenters. The molecule has 0 nitrogen and oxygen atoms in total. The van der Waals surface area contributed by atoms with Crippen LogP contribution in [0.4, 0.5) is 0 Å². The minimum absolute atomic E-state index is 1.25. The van der Waals surface area contributed by atoms with Gasteiger partial charge in [0.15, 0.2) is 0 Å². The van der Waals surface area contributed by atoms with Crippen molar-refractivity contribution in [2.24, 2.45) is 0 Å². The molecule has 0 saturated heterocycles. The largest absolute Gasteiger partial charge is 0.135 e. The van der Waals surface area contributed by atoms with Crippen molar-refractivity contribution in [1.29, 1.82) is 0 Å². The average molecular weight is 745 g/mol. The molecule has 0 bridgehead atoms. The van der Waals surface area contributed by atoms with Crippen LogP contribution in [0.25, 0.3) is 117 Å². The second-order valence-electron chi connectivity index (χ2n) is 14.7. The van der Waals surface area contributed by atoms with Gasteiger partial charge in [0.05, 0.1) is 0 Å². The van der Waals surface area contributed by atoms with Crippen LogP contribution in [0.1, 0.15) is 0 Å². The van der Waals surface area contributed by atoms with E-state index in [1.165, 1.54) is 117 Å². The standard InChI is InChI=1S/C54H32S2/c1-2-17-35(18-3-1)48-52-47(56-53(48)37-30-29-33-15-4-5-19-36(33)31-37)32-45(54-51(52)44-26-12-13-28-46(44)55-54)50-42-24-10-8-22-40(42)49(41-23-9-11-25-43(41)50)39-27-14-20-34-16-6-7-21-38(34)39/h1-32H. The minimum Gasteiger partial charge on any atom is -0.135 e. The van der Waals surface area contributed by atoms with Gasteiger partial charge in [0.2, 0.25) is 0 Å². The number of hydrogen-bond acceptors (Lipinski definition) is 2. The Labute approximate surface area is 332 Å². The van der Waals surface area contributed by atoms with Crippen LogP contribution in [-0.4, -0.2) is 0 Å². The fraction of sp³-hybridized carbons (Fsp3) is 0.